The van der Waals surface area contributed by atoms with Crippen LogP contribution in [-0.4, -0.2) is 46.8 Å². The number of hydrogen-bond donors (Lipinski definition) is 3. The minimum atomic E-state index is -1.13. The third kappa shape index (κ3) is 2.35. The van der Waals surface area contributed by atoms with Gasteiger partial charge in [0.15, 0.2) is 0 Å². The molecule has 0 aromatic carbocycles. The van der Waals surface area contributed by atoms with Gasteiger partial charge in [0.2, 0.25) is 0 Å². The molecule has 4 rings (SSSR count). The standard InChI is InChI=1S/C22H34O4/c1-20-9-6-15(23)12-14(20)4-5-16-17(20)7-10-21(2)18(16)8-11-22(21,25)19(24)13-26-3/h4,8,15-17,19,23-25H,5-7,9-13H2,1-3H3/t15-,16+,17+,19-,20-,21-,22+/m0/s1. The van der Waals surface area contributed by atoms with Crippen LogP contribution < -0.4 is 0 Å². The first kappa shape index (κ1) is 18.7. The van der Waals surface area contributed by atoms with E-state index in [9.17, 15) is 15.3 Å². The average molecular weight is 363 g/mol. The van der Waals surface area contributed by atoms with E-state index in [0.29, 0.717) is 18.3 Å². The lowest BCUT2D eigenvalue weighted by Crippen LogP contribution is -2.58. The van der Waals surface area contributed by atoms with E-state index in [1.54, 1.807) is 7.11 Å². The molecule has 4 heteroatoms. The van der Waals surface area contributed by atoms with Crippen molar-refractivity contribution in [1.82, 2.24) is 0 Å². The molecule has 0 spiro atoms. The first-order valence-corrected chi connectivity index (χ1v) is 10.2. The number of ether oxygens (including phenoxy) is 1. The van der Waals surface area contributed by atoms with Gasteiger partial charge in [0.1, 0.15) is 11.7 Å². The quantitative estimate of drug-likeness (QED) is 0.675. The molecule has 4 aliphatic carbocycles. The Labute approximate surface area is 156 Å². The molecule has 3 N–H and O–H groups in total. The molecule has 0 amide bonds. The molecule has 146 valence electrons. The van der Waals surface area contributed by atoms with E-state index in [2.05, 4.69) is 26.0 Å². The van der Waals surface area contributed by atoms with Crippen molar-refractivity contribution >= 4 is 0 Å². The Kier molecular flexibility index (Phi) is 4.43. The SMILES string of the molecule is COC[C@H](O)[C@]1(O)CC=C2[C@@H]3CC=C4C[C@@H](O)CC[C@]4(C)[C@@H]3CC[C@@]21C. The number of fused-ring (bicyclic) bond motifs is 5. The number of methoxy groups -OCH3 is 1. The van der Waals surface area contributed by atoms with Gasteiger partial charge in [0.25, 0.3) is 0 Å². The zero-order chi connectivity index (χ0) is 18.7. The molecule has 26 heavy (non-hydrogen) atoms. The Morgan fingerprint density at radius 2 is 2.00 bits per heavy atom. The van der Waals surface area contributed by atoms with Gasteiger partial charge in [-0.3, -0.25) is 0 Å². The highest BCUT2D eigenvalue weighted by atomic mass is 16.5. The molecule has 7 atom stereocenters. The van der Waals surface area contributed by atoms with E-state index < -0.39 is 11.7 Å². The Balaban J connectivity index is 1.66. The van der Waals surface area contributed by atoms with Crippen LogP contribution in [0.15, 0.2) is 23.3 Å². The van der Waals surface area contributed by atoms with Gasteiger partial charge in [-0.25, -0.2) is 0 Å². The van der Waals surface area contributed by atoms with Gasteiger partial charge in [-0.1, -0.05) is 37.1 Å². The lowest BCUT2D eigenvalue weighted by molar-refractivity contribution is -0.160. The van der Waals surface area contributed by atoms with E-state index in [0.717, 1.165) is 38.5 Å². The molecular formula is C22H34O4. The number of allylic oxidation sites excluding steroid dienone is 1. The normalized spacial score (nSPS) is 48.8. The molecule has 0 unspecified atom stereocenters. The molecule has 2 saturated carbocycles. The van der Waals surface area contributed by atoms with Gasteiger partial charge < -0.3 is 20.1 Å². The van der Waals surface area contributed by atoms with Gasteiger partial charge in [0, 0.05) is 12.5 Å². The number of hydrogen-bond acceptors (Lipinski definition) is 4. The first-order valence-electron chi connectivity index (χ1n) is 10.2. The largest absolute Gasteiger partial charge is 0.393 e. The van der Waals surface area contributed by atoms with Crippen molar-refractivity contribution in [2.75, 3.05) is 13.7 Å². The fourth-order valence-corrected chi connectivity index (χ4v) is 6.83. The maximum Gasteiger partial charge on any atom is 0.107 e. The summed E-state index contributed by atoms with van der Waals surface area (Å²) in [7, 11) is 1.57. The van der Waals surface area contributed by atoms with Gasteiger partial charge in [0.05, 0.1) is 12.7 Å². The van der Waals surface area contributed by atoms with Gasteiger partial charge in [-0.2, -0.15) is 0 Å². The molecule has 0 saturated heterocycles. The predicted molar refractivity (Wildman–Crippen MR) is 101 cm³/mol. The summed E-state index contributed by atoms with van der Waals surface area (Å²) in [6, 6.07) is 0. The second-order valence-corrected chi connectivity index (χ2v) is 9.62. The summed E-state index contributed by atoms with van der Waals surface area (Å²) in [5, 5.41) is 32.2. The van der Waals surface area contributed by atoms with Crippen molar-refractivity contribution in [3.63, 3.8) is 0 Å². The maximum absolute atomic E-state index is 11.4. The van der Waals surface area contributed by atoms with Crippen LogP contribution in [0, 0.1) is 22.7 Å². The minimum Gasteiger partial charge on any atom is -0.393 e. The van der Waals surface area contributed by atoms with Crippen molar-refractivity contribution < 1.29 is 20.1 Å². The van der Waals surface area contributed by atoms with Crippen LogP contribution >= 0.6 is 0 Å². The van der Waals surface area contributed by atoms with E-state index in [1.807, 2.05) is 0 Å². The average Bonchev–Trinajstić information content (AvgIpc) is 2.88. The molecular weight excluding hydrogens is 328 g/mol. The maximum atomic E-state index is 11.4. The van der Waals surface area contributed by atoms with Crippen molar-refractivity contribution in [2.45, 2.75) is 76.6 Å². The fraction of sp³-hybridized carbons (Fsp3) is 0.818. The number of aliphatic hydroxyl groups excluding tert-OH is 2. The van der Waals surface area contributed by atoms with Gasteiger partial charge in [-0.05, 0) is 62.2 Å². The van der Waals surface area contributed by atoms with Crippen LogP contribution in [0.2, 0.25) is 0 Å². The van der Waals surface area contributed by atoms with Crippen LogP contribution in [0.1, 0.15) is 58.8 Å². The summed E-state index contributed by atoms with van der Waals surface area (Å²) in [5.41, 5.74) is 1.48. The molecule has 0 aromatic heterocycles. The number of aliphatic hydroxyl groups is 3. The molecule has 0 bridgehead atoms. The second-order valence-electron chi connectivity index (χ2n) is 9.62. The van der Waals surface area contributed by atoms with Crippen LogP contribution in [0.4, 0.5) is 0 Å². The van der Waals surface area contributed by atoms with Gasteiger partial charge in [-0.15, -0.1) is 0 Å². The molecule has 4 aliphatic rings. The molecule has 2 fully saturated rings. The molecule has 4 nitrogen and oxygen atoms in total. The second kappa shape index (κ2) is 6.16. The zero-order valence-corrected chi connectivity index (χ0v) is 16.4. The number of rotatable bonds is 3. The lowest BCUT2D eigenvalue weighted by atomic mass is 9.48. The highest BCUT2D eigenvalue weighted by molar-refractivity contribution is 5.38. The summed E-state index contributed by atoms with van der Waals surface area (Å²) in [6.45, 7) is 4.71. The van der Waals surface area contributed by atoms with Crippen LogP contribution in [0.3, 0.4) is 0 Å². The topological polar surface area (TPSA) is 69.9 Å². The Morgan fingerprint density at radius 1 is 1.23 bits per heavy atom. The highest BCUT2D eigenvalue weighted by Crippen LogP contribution is 2.65. The third-order valence-electron chi connectivity index (χ3n) is 8.56. The fourth-order valence-electron chi connectivity index (χ4n) is 6.83. The van der Waals surface area contributed by atoms with E-state index in [1.165, 1.54) is 11.1 Å². The van der Waals surface area contributed by atoms with E-state index in [4.69, 9.17) is 4.74 Å². The van der Waals surface area contributed by atoms with E-state index in [-0.39, 0.29) is 23.5 Å². The predicted octanol–water partition coefficient (Wildman–Crippen LogP) is 2.97. The minimum absolute atomic E-state index is 0.168. The molecule has 0 heterocycles. The Hall–Kier alpha value is -0.680. The smallest absolute Gasteiger partial charge is 0.107 e. The monoisotopic (exact) mass is 362 g/mol. The molecule has 0 aliphatic heterocycles. The van der Waals surface area contributed by atoms with Crippen LogP contribution in [-0.2, 0) is 4.74 Å². The third-order valence-corrected chi connectivity index (χ3v) is 8.56. The summed E-state index contributed by atoms with van der Waals surface area (Å²) in [5.74, 6) is 1.03. The van der Waals surface area contributed by atoms with E-state index >= 15 is 0 Å². The zero-order valence-electron chi connectivity index (χ0n) is 16.4. The summed E-state index contributed by atoms with van der Waals surface area (Å²) < 4.78 is 5.14. The Bertz CT molecular complexity index is 640. The highest BCUT2D eigenvalue weighted by Gasteiger charge is 2.62. The Morgan fingerprint density at radius 3 is 2.73 bits per heavy atom. The van der Waals surface area contributed by atoms with Crippen LogP contribution in [0.5, 0.6) is 0 Å². The summed E-state index contributed by atoms with van der Waals surface area (Å²) >= 11 is 0. The van der Waals surface area contributed by atoms with Crippen molar-refractivity contribution in [3.8, 4) is 0 Å². The molecule has 0 aromatic rings. The summed E-state index contributed by atoms with van der Waals surface area (Å²) in [6.07, 6.45) is 9.82. The molecule has 0 radical (unpaired) electrons. The van der Waals surface area contributed by atoms with Crippen LogP contribution in [0.25, 0.3) is 0 Å². The lowest BCUT2D eigenvalue weighted by Gasteiger charge is -2.58. The van der Waals surface area contributed by atoms with Crippen molar-refractivity contribution in [2.24, 2.45) is 22.7 Å². The first-order chi connectivity index (χ1) is 12.3. The van der Waals surface area contributed by atoms with Crippen molar-refractivity contribution in [1.29, 1.82) is 0 Å². The summed E-state index contributed by atoms with van der Waals surface area (Å²) in [4.78, 5) is 0. The van der Waals surface area contributed by atoms with Crippen molar-refractivity contribution in [3.05, 3.63) is 23.3 Å². The van der Waals surface area contributed by atoms with Gasteiger partial charge >= 0.3 is 0 Å².